The molecule has 0 spiro atoms. The molecule has 0 radical (unpaired) electrons. The molecule has 5 fully saturated rings. The van der Waals surface area contributed by atoms with Crippen LogP contribution in [0.3, 0.4) is 0 Å². The van der Waals surface area contributed by atoms with E-state index in [0.29, 0.717) is 25.2 Å². The van der Waals surface area contributed by atoms with Gasteiger partial charge in [-0.3, -0.25) is 19.4 Å². The molecule has 5 aliphatic rings. The van der Waals surface area contributed by atoms with Gasteiger partial charge in [0.05, 0.1) is 43.0 Å². The predicted octanol–water partition coefficient (Wildman–Crippen LogP) is 6.73. The normalized spacial score (nSPS) is 29.2. The van der Waals surface area contributed by atoms with E-state index < -0.39 is 0 Å². The molecule has 0 atom stereocenters. The number of aliphatic hydroxyl groups excluding tert-OH is 1. The Labute approximate surface area is 261 Å². The van der Waals surface area contributed by atoms with Crippen LogP contribution in [-0.2, 0) is 15.7 Å². The Morgan fingerprint density at radius 1 is 1.02 bits per heavy atom. The van der Waals surface area contributed by atoms with Gasteiger partial charge in [-0.25, -0.2) is 4.98 Å². The number of fused-ring (bicyclic) bond motifs is 3. The maximum Gasteiger partial charge on any atom is 0.231 e. The summed E-state index contributed by atoms with van der Waals surface area (Å²) in [5.41, 5.74) is 4.70. The van der Waals surface area contributed by atoms with E-state index in [9.17, 15) is 9.90 Å². The van der Waals surface area contributed by atoms with Crippen molar-refractivity contribution in [3.8, 4) is 17.0 Å². The maximum absolute atomic E-state index is 14.3. The van der Waals surface area contributed by atoms with Crippen LogP contribution in [0.5, 0.6) is 5.75 Å². The van der Waals surface area contributed by atoms with Crippen LogP contribution < -0.4 is 9.64 Å². The van der Waals surface area contributed by atoms with Gasteiger partial charge in [0.2, 0.25) is 5.91 Å². The SMILES string of the molecule is COc1ccc(C23CCC(CN(C(=O)C4CCC(O)CC4)c4cncc(-c5cnn(C6(C)CCC6)c5)n4)(CC2)CC3)cc1C. The molecule has 2 bridgehead atoms. The highest BCUT2D eigenvalue weighted by molar-refractivity contribution is 5.94. The highest BCUT2D eigenvalue weighted by Gasteiger charge is 2.51. The molecule has 0 saturated heterocycles. The Bertz CT molecular complexity index is 1490. The van der Waals surface area contributed by atoms with Gasteiger partial charge in [0.1, 0.15) is 5.75 Å². The van der Waals surface area contributed by atoms with Gasteiger partial charge >= 0.3 is 0 Å². The van der Waals surface area contributed by atoms with E-state index >= 15 is 0 Å². The van der Waals surface area contributed by atoms with Crippen LogP contribution in [-0.4, -0.2) is 50.5 Å². The second-order valence-corrected chi connectivity index (χ2v) is 14.7. The molecule has 5 saturated carbocycles. The number of amides is 1. The average Bonchev–Trinajstić information content (AvgIpc) is 3.54. The highest BCUT2D eigenvalue weighted by atomic mass is 16.5. The van der Waals surface area contributed by atoms with Gasteiger partial charge in [-0.2, -0.15) is 5.10 Å². The van der Waals surface area contributed by atoms with E-state index in [1.165, 1.54) is 17.5 Å². The lowest BCUT2D eigenvalue weighted by atomic mass is 9.51. The summed E-state index contributed by atoms with van der Waals surface area (Å²) < 4.78 is 7.62. The summed E-state index contributed by atoms with van der Waals surface area (Å²) in [4.78, 5) is 26.0. The Balaban J connectivity index is 1.15. The Morgan fingerprint density at radius 3 is 2.39 bits per heavy atom. The van der Waals surface area contributed by atoms with Crippen LogP contribution in [0.1, 0.15) is 102 Å². The van der Waals surface area contributed by atoms with Crippen molar-refractivity contribution in [3.05, 3.63) is 54.1 Å². The molecule has 3 aromatic rings. The number of ether oxygens (including phenoxy) is 1. The number of hydrogen-bond donors (Lipinski definition) is 1. The van der Waals surface area contributed by atoms with Crippen LogP contribution in [0.2, 0.25) is 0 Å². The molecule has 0 unspecified atom stereocenters. The van der Waals surface area contributed by atoms with E-state index in [4.69, 9.17) is 9.72 Å². The lowest BCUT2D eigenvalue weighted by Gasteiger charge is -2.55. The summed E-state index contributed by atoms with van der Waals surface area (Å²) >= 11 is 0. The van der Waals surface area contributed by atoms with Crippen molar-refractivity contribution < 1.29 is 14.6 Å². The van der Waals surface area contributed by atoms with Crippen molar-refractivity contribution >= 4 is 11.7 Å². The lowest BCUT2D eigenvalue weighted by molar-refractivity contribution is -0.124. The van der Waals surface area contributed by atoms with Gasteiger partial charge in [-0.15, -0.1) is 0 Å². The van der Waals surface area contributed by atoms with Crippen molar-refractivity contribution in [2.45, 2.75) is 114 Å². The van der Waals surface area contributed by atoms with Crippen LogP contribution in [0.15, 0.2) is 43.0 Å². The van der Waals surface area contributed by atoms with E-state index in [2.05, 4.69) is 53.0 Å². The molecule has 1 N–H and O–H groups in total. The number of aryl methyl sites for hydroxylation is 1. The fraction of sp³-hybridized carbons (Fsp3) is 0.611. The fourth-order valence-electron chi connectivity index (χ4n) is 8.58. The first-order valence-electron chi connectivity index (χ1n) is 16.7. The van der Waals surface area contributed by atoms with Crippen molar-refractivity contribution in [1.82, 2.24) is 19.7 Å². The monoisotopic (exact) mass is 597 g/mol. The van der Waals surface area contributed by atoms with Gasteiger partial charge in [0, 0.05) is 24.2 Å². The van der Waals surface area contributed by atoms with E-state index in [0.717, 1.165) is 81.2 Å². The first kappa shape index (κ1) is 29.5. The van der Waals surface area contributed by atoms with Gasteiger partial charge in [-0.05, 0) is 125 Å². The molecule has 2 aromatic heterocycles. The smallest absolute Gasteiger partial charge is 0.231 e. The summed E-state index contributed by atoms with van der Waals surface area (Å²) in [7, 11) is 1.74. The molecule has 5 aliphatic carbocycles. The summed E-state index contributed by atoms with van der Waals surface area (Å²) in [5, 5.41) is 14.8. The van der Waals surface area contributed by atoms with Crippen molar-refractivity contribution in [2.75, 3.05) is 18.6 Å². The largest absolute Gasteiger partial charge is 0.496 e. The van der Waals surface area contributed by atoms with Gasteiger partial charge in [0.15, 0.2) is 5.82 Å². The third-order valence-electron chi connectivity index (χ3n) is 12.0. The molecule has 234 valence electrons. The Morgan fingerprint density at radius 2 is 1.75 bits per heavy atom. The molecule has 2 heterocycles. The molecule has 1 aromatic carbocycles. The minimum Gasteiger partial charge on any atom is -0.496 e. The number of benzene rings is 1. The first-order chi connectivity index (χ1) is 21.2. The Kier molecular flexibility index (Phi) is 7.54. The number of nitrogens with zero attached hydrogens (tertiary/aromatic N) is 5. The molecule has 0 aliphatic heterocycles. The quantitative estimate of drug-likeness (QED) is 0.309. The van der Waals surface area contributed by atoms with Crippen LogP contribution in [0.4, 0.5) is 5.82 Å². The number of aromatic nitrogens is 4. The first-order valence-corrected chi connectivity index (χ1v) is 16.7. The molecule has 8 rings (SSSR count). The van der Waals surface area contributed by atoms with Crippen molar-refractivity contribution in [3.63, 3.8) is 0 Å². The zero-order chi connectivity index (χ0) is 30.5. The number of hydrogen-bond acceptors (Lipinski definition) is 6. The summed E-state index contributed by atoms with van der Waals surface area (Å²) in [6.07, 6.45) is 20.3. The highest BCUT2D eigenvalue weighted by Crippen LogP contribution is 2.58. The van der Waals surface area contributed by atoms with E-state index in [1.54, 1.807) is 19.5 Å². The Hall–Kier alpha value is -3.26. The summed E-state index contributed by atoms with van der Waals surface area (Å²) in [6, 6.07) is 6.73. The standard InChI is InChI=1S/C36H47N5O3/c1-25-19-28(7-10-31(25)44-3)36-16-13-35(14-17-36,15-18-36)24-40(33(43)26-5-8-29(42)9-6-26)32-22-37-21-30(39-32)27-20-38-41(23-27)34(2)11-4-12-34/h7,10,19-23,26,29,42H,4-6,8-9,11-18,24H2,1-3H3. The third-order valence-corrected chi connectivity index (χ3v) is 12.0. The number of rotatable bonds is 8. The van der Waals surface area contributed by atoms with Crippen LogP contribution in [0, 0.1) is 18.3 Å². The summed E-state index contributed by atoms with van der Waals surface area (Å²) in [5.74, 6) is 1.64. The number of aliphatic hydroxyl groups is 1. The van der Waals surface area contributed by atoms with Crippen molar-refractivity contribution in [1.29, 1.82) is 0 Å². The number of anilines is 1. The van der Waals surface area contributed by atoms with Gasteiger partial charge < -0.3 is 9.84 Å². The minimum atomic E-state index is -0.297. The minimum absolute atomic E-state index is 0.0779. The second kappa shape index (κ2) is 11.3. The maximum atomic E-state index is 14.3. The number of methoxy groups -OCH3 is 1. The zero-order valence-corrected chi connectivity index (χ0v) is 26.6. The third kappa shape index (κ3) is 5.23. The topological polar surface area (TPSA) is 93.4 Å². The predicted molar refractivity (Wildman–Crippen MR) is 171 cm³/mol. The molecular weight excluding hydrogens is 550 g/mol. The number of carbonyl (C=O) groups is 1. The average molecular weight is 598 g/mol. The number of carbonyl (C=O) groups excluding carboxylic acids is 1. The van der Waals surface area contributed by atoms with Gasteiger partial charge in [-0.1, -0.05) is 12.1 Å². The van der Waals surface area contributed by atoms with Gasteiger partial charge in [0.25, 0.3) is 0 Å². The van der Waals surface area contributed by atoms with Crippen LogP contribution >= 0.6 is 0 Å². The summed E-state index contributed by atoms with van der Waals surface area (Å²) in [6.45, 7) is 5.07. The van der Waals surface area contributed by atoms with E-state index in [1.807, 2.05) is 11.1 Å². The second-order valence-electron chi connectivity index (χ2n) is 14.7. The molecular formula is C36H47N5O3. The fourth-order valence-corrected chi connectivity index (χ4v) is 8.58. The molecule has 44 heavy (non-hydrogen) atoms. The molecule has 1 amide bonds. The molecule has 8 heteroatoms. The van der Waals surface area contributed by atoms with Crippen LogP contribution in [0.25, 0.3) is 11.3 Å². The molecule has 8 nitrogen and oxygen atoms in total. The zero-order valence-electron chi connectivity index (χ0n) is 26.6. The van der Waals surface area contributed by atoms with E-state index in [-0.39, 0.29) is 34.3 Å². The lowest BCUT2D eigenvalue weighted by Crippen LogP contribution is -2.52. The van der Waals surface area contributed by atoms with Crippen molar-refractivity contribution in [2.24, 2.45) is 11.3 Å².